The van der Waals surface area contributed by atoms with Gasteiger partial charge in [-0.3, -0.25) is 9.68 Å². The average molecular weight is 204 g/mol. The molecular formula is C9H16O5. The maximum Gasteiger partial charge on any atom is 0.379 e. The van der Waals surface area contributed by atoms with E-state index in [4.69, 9.17) is 5.26 Å². The van der Waals surface area contributed by atoms with Crippen molar-refractivity contribution in [3.63, 3.8) is 0 Å². The molecule has 5 heteroatoms. The molecule has 0 saturated heterocycles. The highest BCUT2D eigenvalue weighted by molar-refractivity contribution is 5.75. The van der Waals surface area contributed by atoms with E-state index in [1.165, 1.54) is 0 Å². The first-order valence-corrected chi connectivity index (χ1v) is 4.70. The standard InChI is InChI=1S/C9H16O5/c1-2-3-4-5-6-8(10)13-7-9(11)14-12/h12H,2-7H2,1H3. The van der Waals surface area contributed by atoms with Gasteiger partial charge in [0.2, 0.25) is 0 Å². The highest BCUT2D eigenvalue weighted by Crippen LogP contribution is 2.03. The maximum absolute atomic E-state index is 10.9. The van der Waals surface area contributed by atoms with Crippen molar-refractivity contribution in [2.24, 2.45) is 0 Å². The topological polar surface area (TPSA) is 72.8 Å². The van der Waals surface area contributed by atoms with Crippen LogP contribution in [0.5, 0.6) is 0 Å². The zero-order valence-electron chi connectivity index (χ0n) is 8.32. The molecule has 0 spiro atoms. The lowest BCUT2D eigenvalue weighted by atomic mass is 10.2. The van der Waals surface area contributed by atoms with Crippen LogP contribution >= 0.6 is 0 Å². The average Bonchev–Trinajstić information content (AvgIpc) is 2.21. The van der Waals surface area contributed by atoms with Gasteiger partial charge in [-0.1, -0.05) is 26.2 Å². The molecule has 0 saturated carbocycles. The van der Waals surface area contributed by atoms with Gasteiger partial charge in [0, 0.05) is 6.42 Å². The second kappa shape index (κ2) is 8.50. The van der Waals surface area contributed by atoms with Gasteiger partial charge in [0.25, 0.3) is 0 Å². The fourth-order valence-electron chi connectivity index (χ4n) is 0.934. The molecule has 5 nitrogen and oxygen atoms in total. The van der Waals surface area contributed by atoms with Crippen molar-refractivity contribution in [3.8, 4) is 0 Å². The van der Waals surface area contributed by atoms with Crippen molar-refractivity contribution in [2.45, 2.75) is 39.0 Å². The first-order valence-electron chi connectivity index (χ1n) is 4.70. The minimum Gasteiger partial charge on any atom is -0.454 e. The van der Waals surface area contributed by atoms with E-state index < -0.39 is 18.5 Å². The van der Waals surface area contributed by atoms with E-state index >= 15 is 0 Å². The molecular weight excluding hydrogens is 188 g/mol. The lowest BCUT2D eigenvalue weighted by molar-refractivity contribution is -0.238. The minimum absolute atomic E-state index is 0.304. The summed E-state index contributed by atoms with van der Waals surface area (Å²) in [6.07, 6.45) is 4.24. The van der Waals surface area contributed by atoms with Crippen molar-refractivity contribution in [1.82, 2.24) is 0 Å². The van der Waals surface area contributed by atoms with Gasteiger partial charge in [0.1, 0.15) is 0 Å². The number of unbranched alkanes of at least 4 members (excludes halogenated alkanes) is 3. The number of carbonyl (C=O) groups is 2. The summed E-state index contributed by atoms with van der Waals surface area (Å²) in [6.45, 7) is 1.55. The van der Waals surface area contributed by atoms with Crippen molar-refractivity contribution in [3.05, 3.63) is 0 Å². The molecule has 0 amide bonds. The predicted molar refractivity (Wildman–Crippen MR) is 48.4 cm³/mol. The molecule has 0 radical (unpaired) electrons. The van der Waals surface area contributed by atoms with Crippen LogP contribution in [0.2, 0.25) is 0 Å². The Balaban J connectivity index is 3.32. The fourth-order valence-corrected chi connectivity index (χ4v) is 0.934. The number of rotatable bonds is 7. The first-order chi connectivity index (χ1) is 6.70. The summed E-state index contributed by atoms with van der Waals surface area (Å²) in [5.41, 5.74) is 0. The van der Waals surface area contributed by atoms with Crippen LogP contribution < -0.4 is 0 Å². The van der Waals surface area contributed by atoms with Crippen molar-refractivity contribution >= 4 is 11.9 Å². The first kappa shape index (κ1) is 12.9. The van der Waals surface area contributed by atoms with Gasteiger partial charge >= 0.3 is 11.9 Å². The van der Waals surface area contributed by atoms with Gasteiger partial charge in [-0.15, -0.1) is 0 Å². The zero-order chi connectivity index (χ0) is 10.8. The Labute approximate surface area is 82.9 Å². The Hall–Kier alpha value is -1.10. The molecule has 0 aliphatic rings. The Morgan fingerprint density at radius 1 is 1.14 bits per heavy atom. The molecule has 14 heavy (non-hydrogen) atoms. The quantitative estimate of drug-likeness (QED) is 0.294. The second-order valence-corrected chi connectivity index (χ2v) is 2.93. The van der Waals surface area contributed by atoms with E-state index in [-0.39, 0.29) is 0 Å². The molecule has 0 aromatic rings. The molecule has 1 N–H and O–H groups in total. The van der Waals surface area contributed by atoms with Gasteiger partial charge in [-0.2, -0.15) is 5.26 Å². The Morgan fingerprint density at radius 2 is 1.86 bits per heavy atom. The smallest absolute Gasteiger partial charge is 0.379 e. The normalized spacial score (nSPS) is 9.57. The second-order valence-electron chi connectivity index (χ2n) is 2.93. The summed E-state index contributed by atoms with van der Waals surface area (Å²) in [5, 5.41) is 7.85. The molecule has 0 aliphatic carbocycles. The van der Waals surface area contributed by atoms with Crippen molar-refractivity contribution in [1.29, 1.82) is 0 Å². The third-order valence-electron chi connectivity index (χ3n) is 1.69. The molecule has 0 heterocycles. The van der Waals surface area contributed by atoms with Crippen LogP contribution in [0.25, 0.3) is 0 Å². The van der Waals surface area contributed by atoms with Gasteiger partial charge in [0.15, 0.2) is 6.61 Å². The molecule has 0 unspecified atom stereocenters. The summed E-state index contributed by atoms with van der Waals surface area (Å²) in [4.78, 5) is 24.6. The summed E-state index contributed by atoms with van der Waals surface area (Å²) in [5.74, 6) is -1.40. The Kier molecular flexibility index (Phi) is 7.83. The Bertz CT molecular complexity index is 178. The Morgan fingerprint density at radius 3 is 2.43 bits per heavy atom. The van der Waals surface area contributed by atoms with Crippen LogP contribution in [0.1, 0.15) is 39.0 Å². The van der Waals surface area contributed by atoms with Gasteiger partial charge < -0.3 is 4.74 Å². The molecule has 82 valence electrons. The van der Waals surface area contributed by atoms with Crippen LogP contribution in [0.3, 0.4) is 0 Å². The van der Waals surface area contributed by atoms with Gasteiger partial charge in [-0.25, -0.2) is 4.79 Å². The number of ether oxygens (including phenoxy) is 1. The molecule has 0 fully saturated rings. The summed E-state index contributed by atoms with van der Waals surface area (Å²) < 4.78 is 4.50. The molecule has 0 aliphatic heterocycles. The highest BCUT2D eigenvalue weighted by atomic mass is 17.1. The summed E-state index contributed by atoms with van der Waals surface area (Å²) >= 11 is 0. The maximum atomic E-state index is 10.9. The molecule has 0 aromatic carbocycles. The minimum atomic E-state index is -0.966. The van der Waals surface area contributed by atoms with E-state index in [9.17, 15) is 9.59 Å². The van der Waals surface area contributed by atoms with Crippen LogP contribution in [-0.4, -0.2) is 23.8 Å². The SMILES string of the molecule is CCCCCCC(=O)OCC(=O)OO. The van der Waals surface area contributed by atoms with Crippen molar-refractivity contribution < 1.29 is 24.5 Å². The van der Waals surface area contributed by atoms with Gasteiger partial charge in [-0.05, 0) is 6.42 Å². The van der Waals surface area contributed by atoms with E-state index in [1.54, 1.807) is 0 Å². The number of carbonyl (C=O) groups excluding carboxylic acids is 2. The molecule has 0 rings (SSSR count). The van der Waals surface area contributed by atoms with Gasteiger partial charge in [0.05, 0.1) is 0 Å². The molecule has 0 atom stereocenters. The van der Waals surface area contributed by atoms with Crippen LogP contribution in [0.4, 0.5) is 0 Å². The largest absolute Gasteiger partial charge is 0.454 e. The van der Waals surface area contributed by atoms with Crippen molar-refractivity contribution in [2.75, 3.05) is 6.61 Å². The van der Waals surface area contributed by atoms with Crippen LogP contribution in [0.15, 0.2) is 0 Å². The number of hydrogen-bond donors (Lipinski definition) is 1. The number of esters is 1. The fraction of sp³-hybridized carbons (Fsp3) is 0.778. The monoisotopic (exact) mass is 204 g/mol. The summed E-state index contributed by atoms with van der Waals surface area (Å²) in [7, 11) is 0. The van der Waals surface area contributed by atoms with E-state index in [0.29, 0.717) is 6.42 Å². The molecule has 0 bridgehead atoms. The third-order valence-corrected chi connectivity index (χ3v) is 1.69. The van der Waals surface area contributed by atoms with E-state index in [2.05, 4.69) is 16.5 Å². The van der Waals surface area contributed by atoms with Crippen LogP contribution in [0, 0.1) is 0 Å². The van der Waals surface area contributed by atoms with E-state index in [0.717, 1.165) is 25.7 Å². The number of hydrogen-bond acceptors (Lipinski definition) is 5. The lowest BCUT2D eigenvalue weighted by Crippen LogP contribution is -2.14. The highest BCUT2D eigenvalue weighted by Gasteiger charge is 2.07. The summed E-state index contributed by atoms with van der Waals surface area (Å²) in [6, 6.07) is 0. The lowest BCUT2D eigenvalue weighted by Gasteiger charge is -2.01. The zero-order valence-corrected chi connectivity index (χ0v) is 8.32. The molecule has 0 aromatic heterocycles. The van der Waals surface area contributed by atoms with Crippen LogP contribution in [-0.2, 0) is 19.2 Å². The predicted octanol–water partition coefficient (Wildman–Crippen LogP) is 1.52. The van der Waals surface area contributed by atoms with E-state index in [1.807, 2.05) is 0 Å². The third kappa shape index (κ3) is 7.54.